The monoisotopic (exact) mass is 269 g/mol. The molecule has 0 unspecified atom stereocenters. The first kappa shape index (κ1) is 12.3. The van der Waals surface area contributed by atoms with Gasteiger partial charge in [-0.05, 0) is 29.8 Å². The third-order valence-corrected chi connectivity index (χ3v) is 3.25. The number of para-hydroxylation sites is 2. The number of benzene rings is 2. The van der Waals surface area contributed by atoms with E-state index >= 15 is 0 Å². The Labute approximate surface area is 115 Å². The predicted octanol–water partition coefficient (Wildman–Crippen LogP) is 2.34. The summed E-state index contributed by atoms with van der Waals surface area (Å²) in [6.45, 7) is 0.680. The Balaban J connectivity index is 1.89. The van der Waals surface area contributed by atoms with Gasteiger partial charge in [-0.15, -0.1) is 0 Å². The number of anilines is 2. The molecule has 20 heavy (non-hydrogen) atoms. The molecule has 2 aromatic carbocycles. The third-order valence-electron chi connectivity index (χ3n) is 3.25. The molecule has 0 aliphatic rings. The van der Waals surface area contributed by atoms with Gasteiger partial charge in [0.2, 0.25) is 0 Å². The molecule has 0 radical (unpaired) electrons. The first-order valence-electron chi connectivity index (χ1n) is 6.31. The molecule has 0 atom stereocenters. The van der Waals surface area contributed by atoms with Gasteiger partial charge in [-0.1, -0.05) is 18.2 Å². The smallest absolute Gasteiger partial charge is 0.408 e. The summed E-state index contributed by atoms with van der Waals surface area (Å²) in [6.07, 6.45) is 0. The van der Waals surface area contributed by atoms with Gasteiger partial charge in [0.25, 0.3) is 0 Å². The first-order valence-corrected chi connectivity index (χ1v) is 6.31. The van der Waals surface area contributed by atoms with Crippen LogP contribution in [0.2, 0.25) is 0 Å². The number of aromatic nitrogens is 1. The number of rotatable bonds is 3. The molecule has 5 nitrogen and oxygen atoms in total. The number of aromatic amines is 1. The SMILES string of the molecule is CN(Cc1ccc2[nH]c(=O)oc2c1)c1ccccc1N. The van der Waals surface area contributed by atoms with Crippen molar-refractivity contribution in [1.29, 1.82) is 0 Å². The van der Waals surface area contributed by atoms with E-state index in [0.29, 0.717) is 17.6 Å². The Morgan fingerprint density at radius 1 is 1.25 bits per heavy atom. The minimum atomic E-state index is -0.433. The number of H-pyrrole nitrogens is 1. The minimum Gasteiger partial charge on any atom is -0.408 e. The fraction of sp³-hybridized carbons (Fsp3) is 0.133. The van der Waals surface area contributed by atoms with Crippen LogP contribution < -0.4 is 16.4 Å². The second-order valence-corrected chi connectivity index (χ2v) is 4.76. The van der Waals surface area contributed by atoms with Crippen LogP contribution in [-0.4, -0.2) is 12.0 Å². The summed E-state index contributed by atoms with van der Waals surface area (Å²) in [4.78, 5) is 15.8. The fourth-order valence-electron chi connectivity index (χ4n) is 2.28. The van der Waals surface area contributed by atoms with Gasteiger partial charge in [-0.2, -0.15) is 0 Å². The lowest BCUT2D eigenvalue weighted by Gasteiger charge is -2.21. The molecular weight excluding hydrogens is 254 g/mol. The van der Waals surface area contributed by atoms with Crippen LogP contribution in [-0.2, 0) is 6.54 Å². The summed E-state index contributed by atoms with van der Waals surface area (Å²) in [6, 6.07) is 13.4. The highest BCUT2D eigenvalue weighted by molar-refractivity contribution is 5.73. The quantitative estimate of drug-likeness (QED) is 0.716. The van der Waals surface area contributed by atoms with E-state index in [-0.39, 0.29) is 0 Å². The van der Waals surface area contributed by atoms with Crippen LogP contribution in [0.3, 0.4) is 0 Å². The Kier molecular flexibility index (Phi) is 2.95. The molecule has 0 saturated heterocycles. The van der Waals surface area contributed by atoms with Crippen molar-refractivity contribution in [2.45, 2.75) is 6.54 Å². The van der Waals surface area contributed by atoms with Gasteiger partial charge in [0.15, 0.2) is 5.58 Å². The van der Waals surface area contributed by atoms with Crippen molar-refractivity contribution in [2.24, 2.45) is 0 Å². The average molecular weight is 269 g/mol. The van der Waals surface area contributed by atoms with Crippen LogP contribution in [0, 0.1) is 0 Å². The molecule has 0 saturated carbocycles. The lowest BCUT2D eigenvalue weighted by Crippen LogP contribution is -2.17. The molecule has 1 heterocycles. The van der Waals surface area contributed by atoms with Crippen molar-refractivity contribution in [3.8, 4) is 0 Å². The number of nitrogen functional groups attached to an aromatic ring is 1. The maximum atomic E-state index is 11.1. The zero-order chi connectivity index (χ0) is 14.1. The molecule has 3 aromatic rings. The summed E-state index contributed by atoms with van der Waals surface area (Å²) >= 11 is 0. The van der Waals surface area contributed by atoms with Crippen LogP contribution in [0.15, 0.2) is 51.7 Å². The van der Waals surface area contributed by atoms with Crippen LogP contribution in [0.1, 0.15) is 5.56 Å². The fourth-order valence-corrected chi connectivity index (χ4v) is 2.28. The van der Waals surface area contributed by atoms with Gasteiger partial charge in [0, 0.05) is 13.6 Å². The number of fused-ring (bicyclic) bond motifs is 1. The van der Waals surface area contributed by atoms with Crippen molar-refractivity contribution in [3.05, 3.63) is 58.6 Å². The lowest BCUT2D eigenvalue weighted by molar-refractivity contribution is 0.555. The van der Waals surface area contributed by atoms with E-state index < -0.39 is 5.76 Å². The predicted molar refractivity (Wildman–Crippen MR) is 79.8 cm³/mol. The van der Waals surface area contributed by atoms with E-state index in [0.717, 1.165) is 16.9 Å². The second-order valence-electron chi connectivity index (χ2n) is 4.76. The molecule has 5 heteroatoms. The highest BCUT2D eigenvalue weighted by atomic mass is 16.4. The highest BCUT2D eigenvalue weighted by Gasteiger charge is 2.07. The van der Waals surface area contributed by atoms with Gasteiger partial charge in [0.05, 0.1) is 16.9 Å². The highest BCUT2D eigenvalue weighted by Crippen LogP contribution is 2.23. The van der Waals surface area contributed by atoms with E-state index in [1.165, 1.54) is 0 Å². The molecule has 3 rings (SSSR count). The summed E-state index contributed by atoms with van der Waals surface area (Å²) in [5.41, 5.74) is 10.0. The summed E-state index contributed by atoms with van der Waals surface area (Å²) in [7, 11) is 1.98. The average Bonchev–Trinajstić information content (AvgIpc) is 2.78. The van der Waals surface area contributed by atoms with E-state index in [1.54, 1.807) is 0 Å². The molecule has 0 aliphatic heterocycles. The Morgan fingerprint density at radius 3 is 2.85 bits per heavy atom. The summed E-state index contributed by atoms with van der Waals surface area (Å²) in [5.74, 6) is -0.433. The topological polar surface area (TPSA) is 75.3 Å². The van der Waals surface area contributed by atoms with Crippen molar-refractivity contribution in [1.82, 2.24) is 4.98 Å². The van der Waals surface area contributed by atoms with Gasteiger partial charge >= 0.3 is 5.76 Å². The number of hydrogen-bond donors (Lipinski definition) is 2. The standard InChI is InChI=1S/C15H15N3O2/c1-18(13-5-3-2-4-11(13)16)9-10-6-7-12-14(8-10)20-15(19)17-12/h2-8H,9,16H2,1H3,(H,17,19). The van der Waals surface area contributed by atoms with Crippen LogP contribution in [0.5, 0.6) is 0 Å². The number of nitrogens with two attached hydrogens (primary N) is 1. The number of oxazole rings is 1. The molecule has 0 aliphatic carbocycles. The van der Waals surface area contributed by atoms with E-state index in [1.807, 2.05) is 49.5 Å². The summed E-state index contributed by atoms with van der Waals surface area (Å²) in [5, 5.41) is 0. The first-order chi connectivity index (χ1) is 9.63. The zero-order valence-corrected chi connectivity index (χ0v) is 11.1. The van der Waals surface area contributed by atoms with Crippen LogP contribution >= 0.6 is 0 Å². The largest absolute Gasteiger partial charge is 0.417 e. The van der Waals surface area contributed by atoms with Crippen molar-refractivity contribution < 1.29 is 4.42 Å². The van der Waals surface area contributed by atoms with Crippen LogP contribution in [0.25, 0.3) is 11.1 Å². The molecule has 102 valence electrons. The summed E-state index contributed by atoms with van der Waals surface area (Å²) < 4.78 is 5.07. The van der Waals surface area contributed by atoms with Gasteiger partial charge < -0.3 is 15.1 Å². The molecular formula is C15H15N3O2. The molecule has 0 spiro atoms. The van der Waals surface area contributed by atoms with Crippen molar-refractivity contribution in [3.63, 3.8) is 0 Å². The maximum absolute atomic E-state index is 11.1. The Hall–Kier alpha value is -2.69. The van der Waals surface area contributed by atoms with E-state index in [9.17, 15) is 4.79 Å². The third kappa shape index (κ3) is 2.25. The molecule has 0 bridgehead atoms. The van der Waals surface area contributed by atoms with Gasteiger partial charge in [-0.3, -0.25) is 4.98 Å². The normalized spacial score (nSPS) is 10.8. The molecule has 3 N–H and O–H groups in total. The van der Waals surface area contributed by atoms with E-state index in [4.69, 9.17) is 10.2 Å². The maximum Gasteiger partial charge on any atom is 0.417 e. The van der Waals surface area contributed by atoms with Crippen molar-refractivity contribution in [2.75, 3.05) is 17.7 Å². The number of nitrogens with zero attached hydrogens (tertiary/aromatic N) is 1. The number of nitrogens with one attached hydrogen (secondary N) is 1. The zero-order valence-electron chi connectivity index (χ0n) is 11.1. The van der Waals surface area contributed by atoms with Crippen molar-refractivity contribution >= 4 is 22.5 Å². The Bertz CT molecular complexity index is 804. The molecule has 1 aromatic heterocycles. The van der Waals surface area contributed by atoms with Gasteiger partial charge in [-0.25, -0.2) is 4.79 Å². The lowest BCUT2D eigenvalue weighted by atomic mass is 10.2. The van der Waals surface area contributed by atoms with E-state index in [2.05, 4.69) is 9.88 Å². The minimum absolute atomic E-state index is 0.433. The molecule has 0 amide bonds. The second kappa shape index (κ2) is 4.77. The van der Waals surface area contributed by atoms with Crippen LogP contribution in [0.4, 0.5) is 11.4 Å². The van der Waals surface area contributed by atoms with Gasteiger partial charge in [0.1, 0.15) is 0 Å². The molecule has 0 fully saturated rings. The number of hydrogen-bond acceptors (Lipinski definition) is 4. The Morgan fingerprint density at radius 2 is 2.05 bits per heavy atom.